The molecule has 0 radical (unpaired) electrons. The molecule has 1 atom stereocenters. The lowest BCUT2D eigenvalue weighted by molar-refractivity contribution is -0.116. The number of nitrogens with zero attached hydrogens (tertiary/aromatic N) is 1. The Kier molecular flexibility index (Phi) is 6.26. The van der Waals surface area contributed by atoms with Gasteiger partial charge in [0.05, 0.1) is 5.69 Å². The summed E-state index contributed by atoms with van der Waals surface area (Å²) in [4.78, 5) is 13.9. The normalized spacial score (nSPS) is 15.3. The zero-order chi connectivity index (χ0) is 22.9. The van der Waals surface area contributed by atoms with Gasteiger partial charge in [-0.3, -0.25) is 9.52 Å². The molecule has 32 heavy (non-hydrogen) atoms. The van der Waals surface area contributed by atoms with Crippen molar-refractivity contribution in [2.75, 3.05) is 9.62 Å². The predicted molar refractivity (Wildman–Crippen MR) is 128 cm³/mol. The summed E-state index contributed by atoms with van der Waals surface area (Å²) in [5.41, 5.74) is 2.73. The summed E-state index contributed by atoms with van der Waals surface area (Å²) < 4.78 is 35.6. The molecule has 166 valence electrons. The number of benzene rings is 3. The van der Waals surface area contributed by atoms with E-state index in [1.54, 1.807) is 29.2 Å². The predicted octanol–water partition coefficient (Wildman–Crippen LogP) is 5.13. The van der Waals surface area contributed by atoms with Crippen LogP contribution in [0, 0.1) is 0 Å². The minimum absolute atomic E-state index is 0.0748. The van der Waals surface area contributed by atoms with Gasteiger partial charge in [-0.05, 0) is 60.9 Å². The second-order valence-electron chi connectivity index (χ2n) is 7.76. The third-order valence-corrected chi connectivity index (χ3v) is 7.15. The molecule has 4 rings (SSSR count). The fourth-order valence-electron chi connectivity index (χ4n) is 3.93. The highest BCUT2D eigenvalue weighted by molar-refractivity contribution is 9.10. The highest BCUT2D eigenvalue weighted by Gasteiger charge is 2.35. The molecule has 3 aromatic rings. The zero-order valence-corrected chi connectivity index (χ0v) is 20.1. The van der Waals surface area contributed by atoms with Crippen molar-refractivity contribution in [1.82, 2.24) is 0 Å². The van der Waals surface area contributed by atoms with Gasteiger partial charge in [-0.2, -0.15) is 0 Å². The van der Waals surface area contributed by atoms with Gasteiger partial charge in [0.2, 0.25) is 5.91 Å². The van der Waals surface area contributed by atoms with E-state index in [9.17, 15) is 13.2 Å². The minimum atomic E-state index is -3.93. The van der Waals surface area contributed by atoms with Crippen LogP contribution in [0.15, 0.2) is 76.1 Å². The quantitative estimate of drug-likeness (QED) is 0.494. The first kappa shape index (κ1) is 22.4. The molecule has 1 heterocycles. The van der Waals surface area contributed by atoms with Crippen LogP contribution in [-0.4, -0.2) is 20.4 Å². The smallest absolute Gasteiger partial charge is 0.264 e. The summed E-state index contributed by atoms with van der Waals surface area (Å²) in [6, 6.07) is 19.8. The van der Waals surface area contributed by atoms with Gasteiger partial charge in [0.15, 0.2) is 0 Å². The number of carbonyl (C=O) groups is 1. The topological polar surface area (TPSA) is 75.7 Å². The van der Waals surface area contributed by atoms with Gasteiger partial charge in [0.25, 0.3) is 10.0 Å². The number of rotatable bonds is 6. The maximum Gasteiger partial charge on any atom is 0.264 e. The van der Waals surface area contributed by atoms with Gasteiger partial charge in [-0.25, -0.2) is 8.42 Å². The molecule has 3 aromatic carbocycles. The maximum atomic E-state index is 13.3. The van der Waals surface area contributed by atoms with Gasteiger partial charge < -0.3 is 9.64 Å². The zero-order valence-electron chi connectivity index (χ0n) is 17.7. The fourth-order valence-corrected chi connectivity index (χ4v) is 5.91. The number of anilines is 2. The van der Waals surface area contributed by atoms with Crippen LogP contribution in [0.1, 0.15) is 25.0 Å². The Morgan fingerprint density at radius 3 is 2.47 bits per heavy atom. The first-order chi connectivity index (χ1) is 15.2. The molecule has 1 aliphatic rings. The summed E-state index contributed by atoms with van der Waals surface area (Å²) >= 11 is 3.40. The molecule has 1 amide bonds. The van der Waals surface area contributed by atoms with Gasteiger partial charge >= 0.3 is 0 Å². The van der Waals surface area contributed by atoms with Gasteiger partial charge in [0.1, 0.15) is 17.3 Å². The van der Waals surface area contributed by atoms with Crippen molar-refractivity contribution in [3.8, 4) is 5.75 Å². The lowest BCUT2D eigenvalue weighted by Gasteiger charge is -2.23. The van der Waals surface area contributed by atoms with E-state index in [0.717, 1.165) is 11.1 Å². The molecular weight excluding hydrogens is 492 g/mol. The van der Waals surface area contributed by atoms with Crippen LogP contribution in [-0.2, 0) is 27.8 Å². The van der Waals surface area contributed by atoms with Crippen molar-refractivity contribution >= 4 is 43.2 Å². The number of nitrogens with one attached hydrogen (secondary N) is 1. The van der Waals surface area contributed by atoms with E-state index in [4.69, 9.17) is 4.74 Å². The molecule has 0 spiro atoms. The average molecular weight is 515 g/mol. The number of carbonyl (C=O) groups excluding carboxylic acids is 1. The first-order valence-corrected chi connectivity index (χ1v) is 12.4. The summed E-state index contributed by atoms with van der Waals surface area (Å²) in [5, 5.41) is 0. The molecule has 0 saturated carbocycles. The summed E-state index contributed by atoms with van der Waals surface area (Å²) in [5.74, 6) is 0.451. The van der Waals surface area contributed by atoms with E-state index in [1.807, 2.05) is 43.3 Å². The molecule has 1 aliphatic heterocycles. The third-order valence-electron chi connectivity index (χ3n) is 5.30. The van der Waals surface area contributed by atoms with E-state index in [2.05, 4.69) is 20.7 Å². The maximum absolute atomic E-state index is 13.3. The number of hydrogen-bond donors (Lipinski definition) is 1. The molecule has 0 saturated heterocycles. The Morgan fingerprint density at radius 2 is 1.81 bits per heavy atom. The highest BCUT2D eigenvalue weighted by atomic mass is 79.9. The average Bonchev–Trinajstić information content (AvgIpc) is 3.08. The van der Waals surface area contributed by atoms with Crippen LogP contribution in [0.25, 0.3) is 0 Å². The number of sulfonamides is 1. The Morgan fingerprint density at radius 1 is 1.12 bits per heavy atom. The summed E-state index contributed by atoms with van der Waals surface area (Å²) in [7, 11) is -3.93. The monoisotopic (exact) mass is 514 g/mol. The molecule has 0 aromatic heterocycles. The molecule has 0 fully saturated rings. The van der Waals surface area contributed by atoms with Crippen molar-refractivity contribution in [3.63, 3.8) is 0 Å². The lowest BCUT2D eigenvalue weighted by Crippen LogP contribution is -2.34. The molecule has 0 unspecified atom stereocenters. The largest absolute Gasteiger partial charge is 0.489 e. The Balaban J connectivity index is 1.56. The summed E-state index contributed by atoms with van der Waals surface area (Å²) in [6.07, 6.45) is 0.602. The van der Waals surface area contributed by atoms with Gasteiger partial charge in [-0.1, -0.05) is 46.3 Å². The van der Waals surface area contributed by atoms with Crippen LogP contribution >= 0.6 is 15.9 Å². The third kappa shape index (κ3) is 4.66. The molecule has 0 aliphatic carbocycles. The minimum Gasteiger partial charge on any atom is -0.489 e. The van der Waals surface area contributed by atoms with E-state index in [0.29, 0.717) is 34.6 Å². The second kappa shape index (κ2) is 8.96. The van der Waals surface area contributed by atoms with Crippen LogP contribution in [0.3, 0.4) is 0 Å². The number of ether oxygens (including phenoxy) is 1. The lowest BCUT2D eigenvalue weighted by atomic mass is 10.1. The second-order valence-corrected chi connectivity index (χ2v) is 10.3. The van der Waals surface area contributed by atoms with E-state index < -0.39 is 10.0 Å². The van der Waals surface area contributed by atoms with E-state index >= 15 is 0 Å². The van der Waals surface area contributed by atoms with Gasteiger partial charge in [0, 0.05) is 23.1 Å². The van der Waals surface area contributed by atoms with Crippen molar-refractivity contribution in [2.24, 2.45) is 0 Å². The molecule has 6 nitrogen and oxygen atoms in total. The Labute approximate surface area is 196 Å². The van der Waals surface area contributed by atoms with Crippen LogP contribution < -0.4 is 14.4 Å². The number of fused-ring (bicyclic) bond motifs is 1. The SMILES string of the molecule is CC(=O)N1c2c(cc(Br)cc2S(=O)(=O)Nc2ccc(OCc3ccccc3)cc2)C[C@H]1C. The highest BCUT2D eigenvalue weighted by Crippen LogP contribution is 2.40. The molecule has 0 bridgehead atoms. The van der Waals surface area contributed by atoms with Crippen LogP contribution in [0.2, 0.25) is 0 Å². The summed E-state index contributed by atoms with van der Waals surface area (Å²) in [6.45, 7) is 3.79. The first-order valence-electron chi connectivity index (χ1n) is 10.2. The van der Waals surface area contributed by atoms with Crippen molar-refractivity contribution in [3.05, 3.63) is 82.3 Å². The molecule has 8 heteroatoms. The molecule has 1 N–H and O–H groups in total. The van der Waals surface area contributed by atoms with Gasteiger partial charge in [-0.15, -0.1) is 0 Å². The Hall–Kier alpha value is -2.84. The Bertz CT molecular complexity index is 1240. The van der Waals surface area contributed by atoms with Crippen LogP contribution in [0.5, 0.6) is 5.75 Å². The number of hydrogen-bond acceptors (Lipinski definition) is 4. The standard InChI is InChI=1S/C24H23BrN2O4S/c1-16-12-19-13-20(25)14-23(24(19)27(16)17(2)28)32(29,30)26-21-8-10-22(11-9-21)31-15-18-6-4-3-5-7-18/h3-11,13-14,16,26H,12,15H2,1-2H3/t16-/m1/s1. The van der Waals surface area contributed by atoms with Crippen molar-refractivity contribution in [2.45, 2.75) is 37.8 Å². The van der Waals surface area contributed by atoms with Crippen LogP contribution in [0.4, 0.5) is 11.4 Å². The van der Waals surface area contributed by atoms with Crippen molar-refractivity contribution < 1.29 is 17.9 Å². The fraction of sp³-hybridized carbons (Fsp3) is 0.208. The molecular formula is C24H23BrN2O4S. The number of amides is 1. The van der Waals surface area contributed by atoms with E-state index in [-0.39, 0.29) is 16.8 Å². The van der Waals surface area contributed by atoms with E-state index in [1.165, 1.54) is 13.0 Å². The number of halogens is 1. The van der Waals surface area contributed by atoms with Crippen molar-refractivity contribution in [1.29, 1.82) is 0 Å².